The van der Waals surface area contributed by atoms with Crippen molar-refractivity contribution in [1.29, 1.82) is 0 Å². The van der Waals surface area contributed by atoms with Crippen LogP contribution in [0, 0.1) is 0 Å². The zero-order chi connectivity index (χ0) is 29.9. The molecule has 0 aromatic heterocycles. The quantitative estimate of drug-likeness (QED) is 0.0892. The van der Waals surface area contributed by atoms with Crippen LogP contribution in [0.2, 0.25) is 0 Å². The molecule has 42 heavy (non-hydrogen) atoms. The number of unbranched alkanes of at least 4 members (excludes halogenated alkanes) is 1. The van der Waals surface area contributed by atoms with Gasteiger partial charge in [-0.1, -0.05) is 13.3 Å². The number of benzene rings is 2. The maximum atomic E-state index is 12.1. The lowest BCUT2D eigenvalue weighted by Gasteiger charge is -2.09. The predicted molar refractivity (Wildman–Crippen MR) is 161 cm³/mol. The monoisotopic (exact) mass is 592 g/mol. The summed E-state index contributed by atoms with van der Waals surface area (Å²) in [5, 5.41) is 3.32. The summed E-state index contributed by atoms with van der Waals surface area (Å²) in [6, 6.07) is 14.5. The molecule has 0 spiro atoms. The first kappa shape index (κ1) is 35.3. The molecule has 3 N–H and O–H groups in total. The first-order valence-electron chi connectivity index (χ1n) is 14.6. The molecule has 0 aliphatic carbocycles. The molecule has 0 aliphatic rings. The summed E-state index contributed by atoms with van der Waals surface area (Å²) in [7, 11) is 0. The molecule has 0 fully saturated rings. The largest absolute Gasteiger partial charge is 0.491 e. The fourth-order valence-corrected chi connectivity index (χ4v) is 3.39. The number of esters is 1. The Hall–Kier alpha value is -2.93. The van der Waals surface area contributed by atoms with Crippen LogP contribution in [0.5, 0.6) is 5.75 Å². The Morgan fingerprint density at radius 3 is 1.55 bits per heavy atom. The van der Waals surface area contributed by atoms with Gasteiger partial charge >= 0.3 is 5.97 Å². The van der Waals surface area contributed by atoms with Crippen molar-refractivity contribution in [3.05, 3.63) is 54.1 Å². The van der Waals surface area contributed by atoms with Crippen LogP contribution in [0.25, 0.3) is 0 Å². The maximum Gasteiger partial charge on any atom is 0.338 e. The Labute approximate surface area is 249 Å². The molecular formula is C31H48N2O9. The van der Waals surface area contributed by atoms with E-state index in [0.717, 1.165) is 30.8 Å². The van der Waals surface area contributed by atoms with Gasteiger partial charge in [-0.2, -0.15) is 0 Å². The van der Waals surface area contributed by atoms with Gasteiger partial charge in [0.15, 0.2) is 0 Å². The van der Waals surface area contributed by atoms with E-state index in [4.69, 9.17) is 43.6 Å². The van der Waals surface area contributed by atoms with Crippen molar-refractivity contribution in [1.82, 2.24) is 0 Å². The lowest BCUT2D eigenvalue weighted by atomic mass is 10.2. The van der Waals surface area contributed by atoms with Gasteiger partial charge in [0.1, 0.15) is 19.0 Å². The number of carbonyl (C=O) groups excluding carboxylic acids is 1. The highest BCUT2D eigenvalue weighted by Gasteiger charge is 2.06. The van der Waals surface area contributed by atoms with Crippen LogP contribution in [0.1, 0.15) is 30.1 Å². The second-order valence-electron chi connectivity index (χ2n) is 9.09. The van der Waals surface area contributed by atoms with E-state index in [1.807, 2.05) is 24.3 Å². The molecule has 2 aromatic carbocycles. The number of ether oxygens (including phenoxy) is 8. The molecule has 0 unspecified atom stereocenters. The third-order valence-electron chi connectivity index (χ3n) is 5.68. The van der Waals surface area contributed by atoms with Crippen molar-refractivity contribution in [2.75, 3.05) is 110 Å². The summed E-state index contributed by atoms with van der Waals surface area (Å²) < 4.78 is 43.6. The summed E-state index contributed by atoms with van der Waals surface area (Å²) in [5.41, 5.74) is 7.86. The van der Waals surface area contributed by atoms with E-state index in [0.29, 0.717) is 97.1 Å². The van der Waals surface area contributed by atoms with E-state index >= 15 is 0 Å². The van der Waals surface area contributed by atoms with Crippen LogP contribution in [0.4, 0.5) is 11.4 Å². The highest BCUT2D eigenvalue weighted by atomic mass is 16.6. The number of nitrogens with two attached hydrogens (primary N) is 1. The highest BCUT2D eigenvalue weighted by molar-refractivity contribution is 5.89. The van der Waals surface area contributed by atoms with E-state index in [-0.39, 0.29) is 12.6 Å². The second-order valence-corrected chi connectivity index (χ2v) is 9.09. The smallest absolute Gasteiger partial charge is 0.338 e. The van der Waals surface area contributed by atoms with Crippen molar-refractivity contribution in [2.45, 2.75) is 19.8 Å². The standard InChI is InChI=1S/C31H48N2O9/c1-2-3-12-33-29-8-4-27(5-9-29)31(34)42-26-24-40-22-20-38-18-16-36-14-13-35-15-17-37-19-21-39-23-25-41-30-10-6-28(32)7-11-30/h4-11,33H,2-3,12-26,32H2,1H3. The summed E-state index contributed by atoms with van der Waals surface area (Å²) in [5.74, 6) is 0.409. The third-order valence-corrected chi connectivity index (χ3v) is 5.68. The molecule has 0 bridgehead atoms. The van der Waals surface area contributed by atoms with E-state index in [2.05, 4.69) is 12.2 Å². The SMILES string of the molecule is CCCCNc1ccc(C(=O)OCCOCCOCCOCCOCCOCCOCCOc2ccc(N)cc2)cc1. The molecule has 2 aromatic rings. The minimum atomic E-state index is -0.359. The van der Waals surface area contributed by atoms with Crippen LogP contribution in [0.15, 0.2) is 48.5 Å². The lowest BCUT2D eigenvalue weighted by molar-refractivity contribution is -0.0201. The fourth-order valence-electron chi connectivity index (χ4n) is 3.39. The van der Waals surface area contributed by atoms with Gasteiger partial charge < -0.3 is 48.9 Å². The highest BCUT2D eigenvalue weighted by Crippen LogP contribution is 2.13. The summed E-state index contributed by atoms with van der Waals surface area (Å²) in [6.45, 7) is 9.31. The van der Waals surface area contributed by atoms with Crippen molar-refractivity contribution >= 4 is 17.3 Å². The predicted octanol–water partition coefficient (Wildman–Crippen LogP) is 3.82. The topological polar surface area (TPSA) is 129 Å². The van der Waals surface area contributed by atoms with Crippen LogP contribution in [-0.2, 0) is 33.2 Å². The van der Waals surface area contributed by atoms with Gasteiger partial charge in [-0.15, -0.1) is 0 Å². The first-order chi connectivity index (χ1) is 20.7. The number of anilines is 2. The number of carbonyl (C=O) groups is 1. The molecule has 11 nitrogen and oxygen atoms in total. The first-order valence-corrected chi connectivity index (χ1v) is 14.6. The Kier molecular flexibility index (Phi) is 20.7. The molecule has 0 saturated heterocycles. The molecule has 0 radical (unpaired) electrons. The molecule has 2 rings (SSSR count). The average molecular weight is 593 g/mol. The molecule has 236 valence electrons. The summed E-state index contributed by atoms with van der Waals surface area (Å²) in [6.07, 6.45) is 2.25. The Bertz CT molecular complexity index is 914. The Morgan fingerprint density at radius 1 is 0.619 bits per heavy atom. The number of rotatable bonds is 27. The van der Waals surface area contributed by atoms with Gasteiger partial charge in [-0.25, -0.2) is 4.79 Å². The number of hydrogen-bond acceptors (Lipinski definition) is 11. The average Bonchev–Trinajstić information content (AvgIpc) is 3.01. The van der Waals surface area contributed by atoms with Crippen molar-refractivity contribution in [3.63, 3.8) is 0 Å². The van der Waals surface area contributed by atoms with Crippen molar-refractivity contribution in [2.24, 2.45) is 0 Å². The minimum absolute atomic E-state index is 0.193. The van der Waals surface area contributed by atoms with Gasteiger partial charge in [0, 0.05) is 17.9 Å². The summed E-state index contributed by atoms with van der Waals surface area (Å²) >= 11 is 0. The molecule has 0 aliphatic heterocycles. The van der Waals surface area contributed by atoms with Crippen molar-refractivity contribution in [3.8, 4) is 5.75 Å². The molecule has 0 amide bonds. The van der Waals surface area contributed by atoms with Gasteiger partial charge in [0.2, 0.25) is 0 Å². The van der Waals surface area contributed by atoms with Gasteiger partial charge in [-0.05, 0) is 55.0 Å². The van der Waals surface area contributed by atoms with E-state index in [9.17, 15) is 4.79 Å². The van der Waals surface area contributed by atoms with Crippen LogP contribution < -0.4 is 15.8 Å². The van der Waals surface area contributed by atoms with Gasteiger partial charge in [-0.3, -0.25) is 0 Å². The Morgan fingerprint density at radius 2 is 1.07 bits per heavy atom. The van der Waals surface area contributed by atoms with Crippen LogP contribution >= 0.6 is 0 Å². The van der Waals surface area contributed by atoms with Crippen molar-refractivity contribution < 1.29 is 42.7 Å². The molecule has 0 saturated carbocycles. The number of hydrogen-bond donors (Lipinski definition) is 2. The van der Waals surface area contributed by atoms with E-state index in [1.54, 1.807) is 24.3 Å². The van der Waals surface area contributed by atoms with Crippen LogP contribution in [0.3, 0.4) is 0 Å². The molecular weight excluding hydrogens is 544 g/mol. The summed E-state index contributed by atoms with van der Waals surface area (Å²) in [4.78, 5) is 12.1. The fraction of sp³-hybridized carbons (Fsp3) is 0.581. The van der Waals surface area contributed by atoms with Gasteiger partial charge in [0.25, 0.3) is 0 Å². The van der Waals surface area contributed by atoms with E-state index in [1.165, 1.54) is 0 Å². The number of nitrogen functional groups attached to an aromatic ring is 1. The molecule has 0 heterocycles. The second kappa shape index (κ2) is 24.6. The van der Waals surface area contributed by atoms with E-state index < -0.39 is 0 Å². The van der Waals surface area contributed by atoms with Crippen LogP contribution in [-0.4, -0.2) is 105 Å². The molecule has 11 heteroatoms. The Balaban J connectivity index is 1.25. The lowest BCUT2D eigenvalue weighted by Crippen LogP contribution is -2.15. The normalized spacial score (nSPS) is 11.0. The zero-order valence-corrected chi connectivity index (χ0v) is 24.9. The van der Waals surface area contributed by atoms with Gasteiger partial charge in [0.05, 0.1) is 84.8 Å². The number of nitrogens with one attached hydrogen (secondary N) is 1. The maximum absolute atomic E-state index is 12.1. The third kappa shape index (κ3) is 18.5. The molecule has 0 atom stereocenters. The zero-order valence-electron chi connectivity index (χ0n) is 24.9. The minimum Gasteiger partial charge on any atom is -0.491 e.